The fourth-order valence-corrected chi connectivity index (χ4v) is 105. The zero-order valence-corrected chi connectivity index (χ0v) is 29.0. The van der Waals surface area contributed by atoms with E-state index in [1.165, 1.54) is 0 Å². The Morgan fingerprint density at radius 1 is 0.694 bits per heavy atom. The molecule has 0 aromatic carbocycles. The summed E-state index contributed by atoms with van der Waals surface area (Å²) in [5.74, 6) is -1.94. The van der Waals surface area contributed by atoms with Crippen LogP contribution in [0.2, 0.25) is 65.0 Å². The summed E-state index contributed by atoms with van der Waals surface area (Å²) in [7, 11) is -4.28. The van der Waals surface area contributed by atoms with Crippen molar-refractivity contribution in [2.75, 3.05) is 19.8 Å². The monoisotopic (exact) mass is 574 g/mol. The summed E-state index contributed by atoms with van der Waals surface area (Å²) in [5.41, 5.74) is 0. The Morgan fingerprint density at radius 2 is 1.08 bits per heavy atom. The van der Waals surface area contributed by atoms with Crippen LogP contribution in [0.5, 0.6) is 0 Å². The highest BCUT2D eigenvalue weighted by molar-refractivity contribution is 7.89. The number of ether oxygens (including phenoxy) is 3. The van der Waals surface area contributed by atoms with Crippen molar-refractivity contribution in [1.82, 2.24) is 0 Å². The highest BCUT2D eigenvalue weighted by atomic mass is 29.9. The third-order valence-electron chi connectivity index (χ3n) is 8.52. The van der Waals surface area contributed by atoms with Crippen molar-refractivity contribution in [1.29, 1.82) is 0 Å². The lowest BCUT2D eigenvalue weighted by Crippen LogP contribution is -2.82. The van der Waals surface area contributed by atoms with Gasteiger partial charge in [0.25, 0.3) is 0 Å². The maximum Gasteiger partial charge on any atom is 0.309 e. The Hall–Kier alpha value is -0.722. The third kappa shape index (κ3) is 8.14. The van der Waals surface area contributed by atoms with Crippen molar-refractivity contribution in [2.45, 2.75) is 111 Å². The molecule has 1 aliphatic rings. The third-order valence-corrected chi connectivity index (χ3v) is 83.0. The molecule has 1 aliphatic carbocycles. The van der Waals surface area contributed by atoms with Gasteiger partial charge < -0.3 is 14.2 Å². The van der Waals surface area contributed by atoms with Crippen LogP contribution in [-0.2, 0) is 28.6 Å². The quantitative estimate of drug-likeness (QED) is 0.113. The van der Waals surface area contributed by atoms with Gasteiger partial charge in [0.15, 0.2) is 0 Å². The fraction of sp³-hybridized carbons (Fsp3) is 0.885. The molecule has 1 fully saturated rings. The molecule has 0 aromatic rings. The van der Waals surface area contributed by atoms with E-state index in [0.29, 0.717) is 25.9 Å². The summed E-state index contributed by atoms with van der Waals surface area (Å²) in [6, 6.07) is 1.07. The van der Waals surface area contributed by atoms with E-state index >= 15 is 0 Å². The van der Waals surface area contributed by atoms with Crippen LogP contribution in [0, 0.1) is 17.8 Å². The van der Waals surface area contributed by atoms with Crippen molar-refractivity contribution in [3.05, 3.63) is 0 Å². The summed E-state index contributed by atoms with van der Waals surface area (Å²) in [5, 5.41) is 0. The Morgan fingerprint density at radius 3 is 1.47 bits per heavy atom. The lowest BCUT2D eigenvalue weighted by molar-refractivity contribution is -0.164. The highest BCUT2D eigenvalue weighted by Gasteiger charge is 2.61. The van der Waals surface area contributed by atoms with Crippen molar-refractivity contribution < 1.29 is 28.6 Å². The molecule has 3 atom stereocenters. The van der Waals surface area contributed by atoms with Crippen LogP contribution in [-0.4, -0.2) is 67.1 Å². The van der Waals surface area contributed by atoms with Crippen LogP contribution in [0.4, 0.5) is 0 Å². The normalized spacial score (nSPS) is 20.4. The zero-order chi connectivity index (χ0) is 27.9. The molecule has 0 heterocycles. The minimum atomic E-state index is -1.59. The van der Waals surface area contributed by atoms with E-state index in [0.717, 1.165) is 18.9 Å². The molecule has 0 bridgehead atoms. The Labute approximate surface area is 224 Å². The van der Waals surface area contributed by atoms with Crippen LogP contribution < -0.4 is 0 Å². The topological polar surface area (TPSA) is 78.9 Å². The van der Waals surface area contributed by atoms with Crippen molar-refractivity contribution >= 4 is 47.3 Å². The van der Waals surface area contributed by atoms with Gasteiger partial charge >= 0.3 is 17.9 Å². The van der Waals surface area contributed by atoms with E-state index in [4.69, 9.17) is 14.2 Å². The largest absolute Gasteiger partial charge is 0.466 e. The van der Waals surface area contributed by atoms with Gasteiger partial charge in [0.1, 0.15) is 13.2 Å². The number of rotatable bonds is 13. The molecular formula is C26H54O6Si4. The standard InChI is InChI=1S/C26H54O6Si4/c1-12-21(2)24(27)30-17-18-31-25(28)22-15-13-14-16-23(22)26(29)32-19-20-36(33(3,4)5,34(6,7)8)35(9,10)11/h21-23H,12-20H2,1-11H3. The Bertz CT molecular complexity index is 715. The van der Waals surface area contributed by atoms with Crippen LogP contribution in [0.15, 0.2) is 0 Å². The predicted octanol–water partition coefficient (Wildman–Crippen LogP) is 6.17. The van der Waals surface area contributed by atoms with Gasteiger partial charge in [-0.05, 0) is 25.3 Å². The molecule has 6 nitrogen and oxygen atoms in total. The molecule has 0 saturated heterocycles. The van der Waals surface area contributed by atoms with E-state index in [1.54, 1.807) is 0 Å². The van der Waals surface area contributed by atoms with Crippen molar-refractivity contribution in [3.63, 3.8) is 0 Å². The minimum absolute atomic E-state index is 0.0238. The maximum absolute atomic E-state index is 13.2. The summed E-state index contributed by atoms with van der Waals surface area (Å²) in [4.78, 5) is 37.9. The number of carbonyl (C=O) groups excluding carboxylic acids is 3. The Balaban J connectivity index is 2.80. The van der Waals surface area contributed by atoms with E-state index in [-0.39, 0.29) is 37.0 Å². The number of carbonyl (C=O) groups is 3. The number of esters is 3. The molecule has 0 radical (unpaired) electrons. The molecular weight excluding hydrogens is 521 g/mol. The lowest BCUT2D eigenvalue weighted by Gasteiger charge is -2.57. The molecule has 0 N–H and O–H groups in total. The van der Waals surface area contributed by atoms with Gasteiger partial charge in [-0.2, -0.15) is 0 Å². The first kappa shape index (κ1) is 33.3. The summed E-state index contributed by atoms with van der Waals surface area (Å²) in [6.45, 7) is 25.6. The lowest BCUT2D eigenvalue weighted by atomic mass is 9.79. The smallest absolute Gasteiger partial charge is 0.309 e. The van der Waals surface area contributed by atoms with E-state index in [9.17, 15) is 14.4 Å². The van der Waals surface area contributed by atoms with E-state index in [1.807, 2.05) is 13.8 Å². The predicted molar refractivity (Wildman–Crippen MR) is 158 cm³/mol. The molecule has 1 rings (SSSR count). The highest BCUT2D eigenvalue weighted by Crippen LogP contribution is 2.40. The zero-order valence-electron chi connectivity index (χ0n) is 25.0. The van der Waals surface area contributed by atoms with Crippen molar-refractivity contribution in [3.8, 4) is 0 Å². The molecule has 10 heteroatoms. The van der Waals surface area contributed by atoms with Crippen LogP contribution in [0.25, 0.3) is 0 Å². The second-order valence-electron chi connectivity index (χ2n) is 13.7. The minimum Gasteiger partial charge on any atom is -0.466 e. The average molecular weight is 575 g/mol. The molecule has 0 aromatic heterocycles. The molecule has 210 valence electrons. The van der Waals surface area contributed by atoms with Crippen LogP contribution in [0.1, 0.15) is 46.0 Å². The SMILES string of the molecule is CCC(C)C(=O)OCCOC(=O)C1CCCCC1C(=O)OCC[Si]([Si](C)(C)C)([Si](C)(C)C)[Si](C)(C)C. The van der Waals surface area contributed by atoms with Crippen molar-refractivity contribution in [2.24, 2.45) is 17.8 Å². The van der Waals surface area contributed by atoms with Gasteiger partial charge in [0, 0.05) is 29.4 Å². The number of hydrogen-bond acceptors (Lipinski definition) is 6. The van der Waals surface area contributed by atoms with Gasteiger partial charge in [-0.15, -0.1) is 0 Å². The van der Waals surface area contributed by atoms with Gasteiger partial charge in [0.05, 0.1) is 24.4 Å². The Kier molecular flexibility index (Phi) is 12.4. The first-order chi connectivity index (χ1) is 16.4. The van der Waals surface area contributed by atoms with Crippen LogP contribution >= 0.6 is 0 Å². The van der Waals surface area contributed by atoms with Gasteiger partial charge in [-0.25, -0.2) is 0 Å². The van der Waals surface area contributed by atoms with E-state index < -0.39 is 41.2 Å². The number of hydrogen-bond donors (Lipinski definition) is 0. The molecule has 3 unspecified atom stereocenters. The molecule has 36 heavy (non-hydrogen) atoms. The first-order valence-electron chi connectivity index (χ1n) is 13.9. The fourth-order valence-electron chi connectivity index (χ4n) is 7.31. The van der Waals surface area contributed by atoms with Crippen LogP contribution in [0.3, 0.4) is 0 Å². The van der Waals surface area contributed by atoms with E-state index in [2.05, 4.69) is 58.9 Å². The first-order valence-corrected chi connectivity index (χ1v) is 29.6. The molecule has 0 aliphatic heterocycles. The molecule has 1 saturated carbocycles. The molecule has 0 spiro atoms. The second-order valence-corrected chi connectivity index (χ2v) is 55.2. The van der Waals surface area contributed by atoms with Gasteiger partial charge in [-0.1, -0.05) is 85.6 Å². The summed E-state index contributed by atoms with van der Waals surface area (Å²) < 4.78 is 16.6. The summed E-state index contributed by atoms with van der Waals surface area (Å²) in [6.07, 6.45) is 3.85. The van der Waals surface area contributed by atoms with Gasteiger partial charge in [0.2, 0.25) is 0 Å². The molecule has 0 amide bonds. The maximum atomic E-state index is 13.2. The average Bonchev–Trinajstić information content (AvgIpc) is 2.75. The summed E-state index contributed by atoms with van der Waals surface area (Å²) >= 11 is 0. The second kappa shape index (κ2) is 13.4. The van der Waals surface area contributed by atoms with Gasteiger partial charge in [-0.3, -0.25) is 14.4 Å².